The highest BCUT2D eigenvalue weighted by Crippen LogP contribution is 2.30. The van der Waals surface area contributed by atoms with E-state index in [0.29, 0.717) is 11.1 Å². The Balaban J connectivity index is 1.95. The van der Waals surface area contributed by atoms with Crippen molar-refractivity contribution in [1.29, 1.82) is 0 Å². The number of halogens is 2. The van der Waals surface area contributed by atoms with Crippen LogP contribution >= 0.6 is 11.3 Å². The van der Waals surface area contributed by atoms with E-state index in [4.69, 9.17) is 10.3 Å². The lowest BCUT2D eigenvalue weighted by atomic mass is 10.2. The summed E-state index contributed by atoms with van der Waals surface area (Å²) in [6.45, 7) is 0. The van der Waals surface area contributed by atoms with Crippen LogP contribution in [-0.2, 0) is 0 Å². The second-order valence-corrected chi connectivity index (χ2v) is 5.41. The maximum Gasteiger partial charge on any atom is 0.261 e. The molecule has 0 unspecified atom stereocenters. The molecule has 0 atom stereocenters. The van der Waals surface area contributed by atoms with E-state index in [1.54, 1.807) is 5.38 Å². The molecule has 0 radical (unpaired) electrons. The molecule has 3 rings (SSSR count). The van der Waals surface area contributed by atoms with Gasteiger partial charge in [-0.15, -0.1) is 11.3 Å². The molecule has 2 heterocycles. The number of nitrogens with zero attached hydrogens (tertiary/aromatic N) is 2. The summed E-state index contributed by atoms with van der Waals surface area (Å²) in [5.74, 6) is -4.09. The van der Waals surface area contributed by atoms with Gasteiger partial charge >= 0.3 is 0 Å². The molecule has 0 spiro atoms. The number of nitrogens with one attached hydrogen (secondary N) is 1. The van der Waals surface area contributed by atoms with Gasteiger partial charge in [-0.05, 0) is 12.1 Å². The third-order valence-electron chi connectivity index (χ3n) is 2.98. The predicted molar refractivity (Wildman–Crippen MR) is 80.4 cm³/mol. The van der Waals surface area contributed by atoms with Gasteiger partial charge in [0.25, 0.3) is 11.8 Å². The van der Waals surface area contributed by atoms with Crippen LogP contribution in [0.25, 0.3) is 10.7 Å². The summed E-state index contributed by atoms with van der Waals surface area (Å²) in [5.41, 5.74) is 4.73. The largest absolute Gasteiger partial charge is 0.365 e. The van der Waals surface area contributed by atoms with Crippen molar-refractivity contribution in [3.8, 4) is 10.7 Å². The zero-order chi connectivity index (χ0) is 17.3. The highest BCUT2D eigenvalue weighted by molar-refractivity contribution is 7.13. The van der Waals surface area contributed by atoms with Gasteiger partial charge in [-0.1, -0.05) is 5.16 Å². The molecule has 3 N–H and O–H groups in total. The molecule has 0 saturated carbocycles. The first kappa shape index (κ1) is 15.7. The number of carbonyl (C=O) groups excluding carboxylic acids is 2. The van der Waals surface area contributed by atoms with E-state index in [-0.39, 0.29) is 17.1 Å². The van der Waals surface area contributed by atoms with E-state index >= 15 is 0 Å². The van der Waals surface area contributed by atoms with Crippen molar-refractivity contribution >= 4 is 29.0 Å². The summed E-state index contributed by atoms with van der Waals surface area (Å²) >= 11 is 1.18. The maximum absolute atomic E-state index is 13.6. The summed E-state index contributed by atoms with van der Waals surface area (Å²) in [7, 11) is 0. The van der Waals surface area contributed by atoms with Crippen LogP contribution in [0.5, 0.6) is 0 Å². The van der Waals surface area contributed by atoms with Gasteiger partial charge in [0.1, 0.15) is 22.2 Å². The summed E-state index contributed by atoms with van der Waals surface area (Å²) < 4.78 is 31.5. The van der Waals surface area contributed by atoms with Gasteiger partial charge in [0.15, 0.2) is 5.69 Å². The van der Waals surface area contributed by atoms with Crippen molar-refractivity contribution in [2.45, 2.75) is 0 Å². The number of amides is 2. The van der Waals surface area contributed by atoms with Gasteiger partial charge in [-0.25, -0.2) is 13.8 Å². The highest BCUT2D eigenvalue weighted by Gasteiger charge is 2.26. The van der Waals surface area contributed by atoms with Crippen molar-refractivity contribution in [1.82, 2.24) is 10.1 Å². The van der Waals surface area contributed by atoms with Crippen LogP contribution in [0.2, 0.25) is 0 Å². The molecule has 0 bridgehead atoms. The number of thiazole rings is 1. The molecular formula is C14H8F2N4O3S. The summed E-state index contributed by atoms with van der Waals surface area (Å²) in [6, 6.07) is 2.45. The molecular weight excluding hydrogens is 342 g/mol. The molecule has 122 valence electrons. The molecule has 10 heteroatoms. The second-order valence-electron chi connectivity index (χ2n) is 4.52. The Morgan fingerprint density at radius 2 is 2.08 bits per heavy atom. The lowest BCUT2D eigenvalue weighted by Gasteiger charge is -2.04. The van der Waals surface area contributed by atoms with Crippen LogP contribution in [0.4, 0.5) is 14.7 Å². The fourth-order valence-electron chi connectivity index (χ4n) is 1.93. The predicted octanol–water partition coefficient (Wildman–Crippen LogP) is 2.43. The minimum atomic E-state index is -1.06. The number of primary amides is 1. The normalized spacial score (nSPS) is 10.6. The molecule has 1 aromatic carbocycles. The summed E-state index contributed by atoms with van der Waals surface area (Å²) in [6.07, 6.45) is 1.49. The zero-order valence-corrected chi connectivity index (χ0v) is 12.6. The van der Waals surface area contributed by atoms with Crippen molar-refractivity contribution in [3.63, 3.8) is 0 Å². The number of benzene rings is 1. The van der Waals surface area contributed by atoms with E-state index in [0.717, 1.165) is 12.1 Å². The molecule has 0 aliphatic heterocycles. The molecule has 7 nitrogen and oxygen atoms in total. The number of hydrogen-bond donors (Lipinski definition) is 2. The Hall–Kier alpha value is -3.14. The van der Waals surface area contributed by atoms with Gasteiger partial charge in [-0.3, -0.25) is 14.9 Å². The van der Waals surface area contributed by atoms with Crippen molar-refractivity contribution in [3.05, 3.63) is 52.5 Å². The Bertz CT molecular complexity index is 924. The molecule has 0 fully saturated rings. The van der Waals surface area contributed by atoms with Gasteiger partial charge in [0.05, 0.1) is 5.56 Å². The van der Waals surface area contributed by atoms with Crippen molar-refractivity contribution in [2.24, 2.45) is 5.73 Å². The fraction of sp³-hybridized carbons (Fsp3) is 0. The van der Waals surface area contributed by atoms with Gasteiger partial charge in [0, 0.05) is 17.6 Å². The number of anilines is 1. The average Bonchev–Trinajstić information content (AvgIpc) is 3.15. The minimum Gasteiger partial charge on any atom is -0.365 e. The molecule has 0 saturated heterocycles. The highest BCUT2D eigenvalue weighted by atomic mass is 32.1. The van der Waals surface area contributed by atoms with Crippen molar-refractivity contribution in [2.75, 3.05) is 5.32 Å². The summed E-state index contributed by atoms with van der Waals surface area (Å²) in [4.78, 5) is 27.7. The average molecular weight is 350 g/mol. The summed E-state index contributed by atoms with van der Waals surface area (Å²) in [5, 5.41) is 7.88. The van der Waals surface area contributed by atoms with Gasteiger partial charge in [0.2, 0.25) is 5.88 Å². The second kappa shape index (κ2) is 6.16. The van der Waals surface area contributed by atoms with E-state index in [9.17, 15) is 18.4 Å². The molecule has 24 heavy (non-hydrogen) atoms. The van der Waals surface area contributed by atoms with Gasteiger partial charge < -0.3 is 10.3 Å². The van der Waals surface area contributed by atoms with E-state index in [1.807, 2.05) is 0 Å². The fourth-order valence-corrected chi connectivity index (χ4v) is 2.56. The molecule has 3 aromatic rings. The molecule has 2 aromatic heterocycles. The zero-order valence-electron chi connectivity index (χ0n) is 11.7. The number of aromatic nitrogens is 2. The lowest BCUT2D eigenvalue weighted by Crippen LogP contribution is -2.18. The molecule has 2 amide bonds. The Labute approximate surface area is 137 Å². The van der Waals surface area contributed by atoms with E-state index in [1.165, 1.54) is 17.5 Å². The number of nitrogens with two attached hydrogens (primary N) is 1. The van der Waals surface area contributed by atoms with Crippen LogP contribution < -0.4 is 11.1 Å². The molecule has 0 aliphatic carbocycles. The first-order chi connectivity index (χ1) is 11.5. The van der Waals surface area contributed by atoms with E-state index in [2.05, 4.69) is 15.5 Å². The maximum atomic E-state index is 13.6. The number of carbonyl (C=O) groups is 2. The Kier molecular flexibility index (Phi) is 4.04. The quantitative estimate of drug-likeness (QED) is 0.751. The van der Waals surface area contributed by atoms with Crippen LogP contribution in [0.3, 0.4) is 0 Å². The SMILES string of the molecule is NC(=O)c1c(-c2nccs2)noc1NC(=O)c1ccc(F)cc1F. The third kappa shape index (κ3) is 2.86. The molecule has 0 aliphatic rings. The number of hydrogen-bond acceptors (Lipinski definition) is 6. The smallest absolute Gasteiger partial charge is 0.261 e. The van der Waals surface area contributed by atoms with E-state index < -0.39 is 29.0 Å². The first-order valence-corrected chi connectivity index (χ1v) is 7.31. The Morgan fingerprint density at radius 1 is 1.29 bits per heavy atom. The van der Waals surface area contributed by atoms with Crippen LogP contribution in [0.1, 0.15) is 20.7 Å². The Morgan fingerprint density at radius 3 is 2.71 bits per heavy atom. The van der Waals surface area contributed by atoms with Crippen molar-refractivity contribution < 1.29 is 22.9 Å². The minimum absolute atomic E-state index is 0.0624. The van der Waals surface area contributed by atoms with Crippen LogP contribution in [0.15, 0.2) is 34.3 Å². The third-order valence-corrected chi connectivity index (χ3v) is 3.76. The van der Waals surface area contributed by atoms with Crippen LogP contribution in [0, 0.1) is 11.6 Å². The standard InChI is InChI=1S/C14H8F2N4O3S/c15-6-1-2-7(8(16)5-6)12(22)19-13-9(11(17)21)10(20-23-13)14-18-3-4-24-14/h1-5H,(H2,17,21)(H,19,22). The topological polar surface area (TPSA) is 111 Å². The van der Waals surface area contributed by atoms with Crippen LogP contribution in [-0.4, -0.2) is 22.0 Å². The number of rotatable bonds is 4. The first-order valence-electron chi connectivity index (χ1n) is 6.43. The van der Waals surface area contributed by atoms with Gasteiger partial charge in [-0.2, -0.15) is 0 Å². The lowest BCUT2D eigenvalue weighted by molar-refractivity contribution is 0.100. The monoisotopic (exact) mass is 350 g/mol.